The molecule has 1 heterocycles. The van der Waals surface area contributed by atoms with Crippen LogP contribution < -0.4 is 0 Å². The molecule has 0 saturated heterocycles. The van der Waals surface area contributed by atoms with Crippen LogP contribution in [0.1, 0.15) is 30.8 Å². The lowest BCUT2D eigenvalue weighted by atomic mass is 10.1. The Labute approximate surface area is 158 Å². The van der Waals surface area contributed by atoms with Gasteiger partial charge in [-0.2, -0.15) is 0 Å². The smallest absolute Gasteiger partial charge is 0.223 e. The summed E-state index contributed by atoms with van der Waals surface area (Å²) in [6.07, 6.45) is 2.53. The van der Waals surface area contributed by atoms with E-state index in [1.807, 2.05) is 68.6 Å². The third-order valence-corrected chi connectivity index (χ3v) is 4.74. The molecule has 0 N–H and O–H groups in total. The number of halogens is 1. The molecule has 1 atom stereocenters. The zero-order valence-electron chi connectivity index (χ0n) is 14.9. The van der Waals surface area contributed by atoms with Crippen molar-refractivity contribution < 1.29 is 9.21 Å². The number of benzene rings is 2. The molecule has 3 rings (SSSR count). The van der Waals surface area contributed by atoms with Crippen LogP contribution in [0.5, 0.6) is 0 Å². The van der Waals surface area contributed by atoms with E-state index in [1.54, 1.807) is 11.1 Å². The van der Waals surface area contributed by atoms with Crippen molar-refractivity contribution in [3.05, 3.63) is 77.3 Å². The van der Waals surface area contributed by atoms with Crippen molar-refractivity contribution in [3.8, 4) is 11.3 Å². The van der Waals surface area contributed by atoms with Crippen molar-refractivity contribution in [2.45, 2.75) is 25.8 Å². The second kappa shape index (κ2) is 8.19. The Morgan fingerprint density at radius 3 is 2.54 bits per heavy atom. The first-order valence-corrected chi connectivity index (χ1v) is 8.93. The summed E-state index contributed by atoms with van der Waals surface area (Å²) in [5.74, 6) is 1.34. The van der Waals surface area contributed by atoms with Crippen molar-refractivity contribution in [1.29, 1.82) is 0 Å². The SMILES string of the molecule is CC(c1ccc(Cl)cc1)N(C)C(=O)CCc1ncc(-c2ccccc2)o1. The van der Waals surface area contributed by atoms with Crippen LogP contribution in [0.25, 0.3) is 11.3 Å². The summed E-state index contributed by atoms with van der Waals surface area (Å²) in [4.78, 5) is 18.5. The van der Waals surface area contributed by atoms with Crippen molar-refractivity contribution in [3.63, 3.8) is 0 Å². The summed E-state index contributed by atoms with van der Waals surface area (Å²) in [6, 6.07) is 17.3. The van der Waals surface area contributed by atoms with Gasteiger partial charge in [0.15, 0.2) is 11.7 Å². The summed E-state index contributed by atoms with van der Waals surface area (Å²) in [6.45, 7) is 2.00. The van der Waals surface area contributed by atoms with E-state index in [-0.39, 0.29) is 11.9 Å². The quantitative estimate of drug-likeness (QED) is 0.604. The summed E-state index contributed by atoms with van der Waals surface area (Å²) in [5.41, 5.74) is 2.03. The molecule has 0 radical (unpaired) electrons. The third kappa shape index (κ3) is 4.33. The molecule has 1 unspecified atom stereocenters. The number of oxazole rings is 1. The van der Waals surface area contributed by atoms with Crippen LogP contribution in [0.2, 0.25) is 5.02 Å². The van der Waals surface area contributed by atoms with E-state index in [1.165, 1.54) is 0 Å². The van der Waals surface area contributed by atoms with Gasteiger partial charge in [-0.3, -0.25) is 4.79 Å². The van der Waals surface area contributed by atoms with E-state index in [9.17, 15) is 4.79 Å². The number of aromatic nitrogens is 1. The molecule has 134 valence electrons. The van der Waals surface area contributed by atoms with Crippen LogP contribution >= 0.6 is 11.6 Å². The van der Waals surface area contributed by atoms with Gasteiger partial charge in [-0.15, -0.1) is 0 Å². The summed E-state index contributed by atoms with van der Waals surface area (Å²) in [7, 11) is 1.81. The van der Waals surface area contributed by atoms with E-state index in [4.69, 9.17) is 16.0 Å². The second-order valence-corrected chi connectivity index (χ2v) is 6.65. The van der Waals surface area contributed by atoms with Crippen molar-refractivity contribution in [2.24, 2.45) is 0 Å². The van der Waals surface area contributed by atoms with Crippen LogP contribution in [0.3, 0.4) is 0 Å². The molecule has 2 aromatic carbocycles. The van der Waals surface area contributed by atoms with Gasteiger partial charge in [0.2, 0.25) is 5.91 Å². The molecule has 0 bridgehead atoms. The predicted molar refractivity (Wildman–Crippen MR) is 103 cm³/mol. The van der Waals surface area contributed by atoms with Gasteiger partial charge >= 0.3 is 0 Å². The van der Waals surface area contributed by atoms with E-state index >= 15 is 0 Å². The maximum atomic E-state index is 12.5. The lowest BCUT2D eigenvalue weighted by Crippen LogP contribution is -2.29. The standard InChI is InChI=1S/C21H21ClN2O2/c1-15(16-8-10-18(22)11-9-16)24(2)21(25)13-12-20-23-14-19(26-20)17-6-4-3-5-7-17/h3-11,14-15H,12-13H2,1-2H3. The summed E-state index contributed by atoms with van der Waals surface area (Å²) < 4.78 is 5.76. The molecule has 26 heavy (non-hydrogen) atoms. The highest BCUT2D eigenvalue weighted by Crippen LogP contribution is 2.23. The highest BCUT2D eigenvalue weighted by molar-refractivity contribution is 6.30. The van der Waals surface area contributed by atoms with Crippen LogP contribution in [0, 0.1) is 0 Å². The minimum absolute atomic E-state index is 0.0239. The monoisotopic (exact) mass is 368 g/mol. The molecule has 3 aromatic rings. The van der Waals surface area contributed by atoms with Gasteiger partial charge in [-0.05, 0) is 24.6 Å². The molecule has 0 aliphatic heterocycles. The van der Waals surface area contributed by atoms with Crippen LogP contribution in [-0.4, -0.2) is 22.8 Å². The van der Waals surface area contributed by atoms with Crippen LogP contribution in [0.15, 0.2) is 65.2 Å². The lowest BCUT2D eigenvalue weighted by Gasteiger charge is -2.25. The Balaban J connectivity index is 1.58. The summed E-state index contributed by atoms with van der Waals surface area (Å²) in [5, 5.41) is 0.688. The molecular formula is C21H21ClN2O2. The van der Waals surface area contributed by atoms with E-state index in [2.05, 4.69) is 4.98 Å². The highest BCUT2D eigenvalue weighted by atomic mass is 35.5. The van der Waals surface area contributed by atoms with Gasteiger partial charge in [0, 0.05) is 30.5 Å². The maximum absolute atomic E-state index is 12.5. The van der Waals surface area contributed by atoms with Gasteiger partial charge in [-0.25, -0.2) is 4.98 Å². The minimum Gasteiger partial charge on any atom is -0.441 e. The first-order valence-electron chi connectivity index (χ1n) is 8.56. The number of aryl methyl sites for hydroxylation is 1. The Morgan fingerprint density at radius 2 is 1.85 bits per heavy atom. The number of hydrogen-bond donors (Lipinski definition) is 0. The Hall–Kier alpha value is -2.59. The average molecular weight is 369 g/mol. The number of carbonyl (C=O) groups excluding carboxylic acids is 1. The van der Waals surface area contributed by atoms with E-state index in [0.717, 1.165) is 16.9 Å². The highest BCUT2D eigenvalue weighted by Gasteiger charge is 2.18. The molecule has 0 aliphatic carbocycles. The molecule has 0 fully saturated rings. The Bertz CT molecular complexity index is 859. The molecule has 0 spiro atoms. The minimum atomic E-state index is -0.0239. The van der Waals surface area contributed by atoms with Crippen molar-refractivity contribution >= 4 is 17.5 Å². The van der Waals surface area contributed by atoms with E-state index < -0.39 is 0 Å². The van der Waals surface area contributed by atoms with Crippen molar-refractivity contribution in [1.82, 2.24) is 9.88 Å². The molecule has 0 aliphatic rings. The normalized spacial score (nSPS) is 12.0. The Morgan fingerprint density at radius 1 is 1.15 bits per heavy atom. The molecule has 0 saturated carbocycles. The molecule has 1 aromatic heterocycles. The fourth-order valence-electron chi connectivity index (χ4n) is 2.73. The summed E-state index contributed by atoms with van der Waals surface area (Å²) >= 11 is 5.92. The fraction of sp³-hybridized carbons (Fsp3) is 0.238. The van der Waals surface area contributed by atoms with Gasteiger partial charge in [0.05, 0.1) is 12.2 Å². The number of rotatable bonds is 6. The zero-order valence-corrected chi connectivity index (χ0v) is 15.6. The average Bonchev–Trinajstić information content (AvgIpc) is 3.15. The fourth-order valence-corrected chi connectivity index (χ4v) is 2.86. The number of amides is 1. The molecule has 5 heteroatoms. The zero-order chi connectivity index (χ0) is 18.5. The second-order valence-electron chi connectivity index (χ2n) is 6.22. The number of carbonyl (C=O) groups is 1. The number of hydrogen-bond acceptors (Lipinski definition) is 3. The van der Waals surface area contributed by atoms with Crippen LogP contribution in [-0.2, 0) is 11.2 Å². The molecule has 1 amide bonds. The lowest BCUT2D eigenvalue weighted by molar-refractivity contribution is -0.131. The topological polar surface area (TPSA) is 46.3 Å². The van der Waals surface area contributed by atoms with E-state index in [0.29, 0.717) is 23.8 Å². The maximum Gasteiger partial charge on any atom is 0.223 e. The van der Waals surface area contributed by atoms with Crippen LogP contribution in [0.4, 0.5) is 0 Å². The largest absolute Gasteiger partial charge is 0.441 e. The molecular weight excluding hydrogens is 348 g/mol. The first-order chi connectivity index (χ1) is 12.5. The van der Waals surface area contributed by atoms with Gasteiger partial charge in [0.25, 0.3) is 0 Å². The van der Waals surface area contributed by atoms with Gasteiger partial charge < -0.3 is 9.32 Å². The predicted octanol–water partition coefficient (Wildman–Crippen LogP) is 5.15. The molecule has 4 nitrogen and oxygen atoms in total. The Kier molecular flexibility index (Phi) is 5.74. The van der Waals surface area contributed by atoms with Gasteiger partial charge in [0.1, 0.15) is 0 Å². The number of nitrogens with zero attached hydrogens (tertiary/aromatic N) is 2. The first kappa shape index (κ1) is 18.2. The van der Waals surface area contributed by atoms with Crippen molar-refractivity contribution in [2.75, 3.05) is 7.05 Å². The third-order valence-electron chi connectivity index (χ3n) is 4.49. The van der Waals surface area contributed by atoms with Gasteiger partial charge in [-0.1, -0.05) is 54.1 Å².